The number of hydrogen-bond donors (Lipinski definition) is 1. The van der Waals surface area contributed by atoms with Crippen LogP contribution in [0, 0.1) is 6.92 Å². The van der Waals surface area contributed by atoms with Gasteiger partial charge >= 0.3 is 5.97 Å². The fourth-order valence-corrected chi connectivity index (χ4v) is 2.75. The van der Waals surface area contributed by atoms with Crippen molar-refractivity contribution in [3.05, 3.63) is 23.2 Å². The van der Waals surface area contributed by atoms with Gasteiger partial charge in [0.05, 0.1) is 13.7 Å². The molecule has 0 aliphatic carbocycles. The molecule has 6 nitrogen and oxygen atoms in total. The van der Waals surface area contributed by atoms with Gasteiger partial charge in [-0.05, 0) is 32.4 Å². The Hall–Kier alpha value is -1.82. The van der Waals surface area contributed by atoms with Gasteiger partial charge in [0.15, 0.2) is 0 Å². The van der Waals surface area contributed by atoms with E-state index < -0.39 is 5.97 Å². The molecule has 21 heavy (non-hydrogen) atoms. The second-order valence-electron chi connectivity index (χ2n) is 5.49. The van der Waals surface area contributed by atoms with E-state index in [1.54, 1.807) is 0 Å². The Labute approximate surface area is 124 Å². The average molecular weight is 294 g/mol. The number of hydrogen-bond acceptors (Lipinski definition) is 5. The summed E-state index contributed by atoms with van der Waals surface area (Å²) in [6.07, 6.45) is 2.04. The van der Waals surface area contributed by atoms with Crippen LogP contribution in [-0.2, 0) is 16.1 Å². The number of aryl methyl sites for hydroxylation is 1. The summed E-state index contributed by atoms with van der Waals surface area (Å²) in [6.45, 7) is 5.76. The Kier molecular flexibility index (Phi) is 5.01. The Balaban J connectivity index is 1.98. The molecule has 1 aliphatic rings. The molecule has 1 aliphatic heterocycles. The lowest BCUT2D eigenvalue weighted by Crippen LogP contribution is -2.46. The van der Waals surface area contributed by atoms with Gasteiger partial charge in [-0.3, -0.25) is 9.69 Å². The Morgan fingerprint density at radius 1 is 1.52 bits per heavy atom. The highest BCUT2D eigenvalue weighted by Gasteiger charge is 2.23. The monoisotopic (exact) mass is 294 g/mol. The number of furan rings is 1. The fraction of sp³-hybridized carbons (Fsp3) is 0.600. The lowest BCUT2D eigenvalue weighted by Gasteiger charge is -2.32. The molecule has 2 heterocycles. The van der Waals surface area contributed by atoms with E-state index in [0.717, 1.165) is 37.3 Å². The zero-order valence-corrected chi connectivity index (χ0v) is 12.8. The van der Waals surface area contributed by atoms with E-state index in [1.165, 1.54) is 14.0 Å². The van der Waals surface area contributed by atoms with Crippen molar-refractivity contribution >= 4 is 11.9 Å². The standard InChI is InChI=1S/C15H22N2O4/c1-10-7-13(21-14(10)15(19)20-3)9-17-6-4-5-12(8-17)16-11(2)18/h7,12H,4-6,8-9H2,1-3H3,(H,16,18). The number of esters is 1. The second-order valence-corrected chi connectivity index (χ2v) is 5.49. The molecule has 0 aromatic carbocycles. The third-order valence-electron chi connectivity index (χ3n) is 3.63. The summed E-state index contributed by atoms with van der Waals surface area (Å²) in [7, 11) is 1.34. The molecule has 1 saturated heterocycles. The van der Waals surface area contributed by atoms with Crippen LogP contribution in [-0.4, -0.2) is 43.0 Å². The van der Waals surface area contributed by atoms with Crippen LogP contribution < -0.4 is 5.32 Å². The van der Waals surface area contributed by atoms with Crippen molar-refractivity contribution in [3.8, 4) is 0 Å². The highest BCUT2D eigenvalue weighted by molar-refractivity contribution is 5.87. The van der Waals surface area contributed by atoms with E-state index in [9.17, 15) is 9.59 Å². The summed E-state index contributed by atoms with van der Waals surface area (Å²) in [4.78, 5) is 24.9. The lowest BCUT2D eigenvalue weighted by atomic mass is 10.1. The molecule has 1 atom stereocenters. The van der Waals surface area contributed by atoms with Crippen molar-refractivity contribution in [2.24, 2.45) is 0 Å². The number of nitrogens with zero attached hydrogens (tertiary/aromatic N) is 1. The minimum atomic E-state index is -0.450. The highest BCUT2D eigenvalue weighted by Crippen LogP contribution is 2.19. The molecule has 1 unspecified atom stereocenters. The van der Waals surface area contributed by atoms with Crippen molar-refractivity contribution < 1.29 is 18.7 Å². The molecule has 1 aromatic rings. The van der Waals surface area contributed by atoms with E-state index in [2.05, 4.69) is 15.0 Å². The summed E-state index contributed by atoms with van der Waals surface area (Å²) in [5.41, 5.74) is 0.785. The van der Waals surface area contributed by atoms with Gasteiger partial charge < -0.3 is 14.5 Å². The van der Waals surface area contributed by atoms with E-state index in [-0.39, 0.29) is 17.7 Å². The summed E-state index contributed by atoms with van der Waals surface area (Å²) < 4.78 is 10.3. The topological polar surface area (TPSA) is 71.8 Å². The van der Waals surface area contributed by atoms with Gasteiger partial charge in [-0.2, -0.15) is 0 Å². The molecule has 1 fully saturated rings. The first-order chi connectivity index (χ1) is 9.99. The van der Waals surface area contributed by atoms with Crippen LogP contribution in [0.25, 0.3) is 0 Å². The van der Waals surface area contributed by atoms with Crippen molar-refractivity contribution in [3.63, 3.8) is 0 Å². The highest BCUT2D eigenvalue weighted by atomic mass is 16.5. The number of ether oxygens (including phenoxy) is 1. The van der Waals surface area contributed by atoms with Crippen LogP contribution in [0.15, 0.2) is 10.5 Å². The lowest BCUT2D eigenvalue weighted by molar-refractivity contribution is -0.120. The van der Waals surface area contributed by atoms with Gasteiger partial charge in [-0.15, -0.1) is 0 Å². The molecular formula is C15H22N2O4. The maximum Gasteiger partial charge on any atom is 0.374 e. The van der Waals surface area contributed by atoms with Crippen LogP contribution in [0.4, 0.5) is 0 Å². The molecule has 0 radical (unpaired) electrons. The fourth-order valence-electron chi connectivity index (χ4n) is 2.75. The molecule has 1 N–H and O–H groups in total. The quantitative estimate of drug-likeness (QED) is 0.852. The number of rotatable bonds is 4. The number of carbonyl (C=O) groups is 2. The van der Waals surface area contributed by atoms with E-state index >= 15 is 0 Å². The molecule has 0 bridgehead atoms. The van der Waals surface area contributed by atoms with Crippen LogP contribution in [0.5, 0.6) is 0 Å². The normalized spacial score (nSPS) is 19.3. The zero-order valence-electron chi connectivity index (χ0n) is 12.8. The maximum absolute atomic E-state index is 11.5. The smallest absolute Gasteiger partial charge is 0.374 e. The molecule has 2 rings (SSSR count). The number of amides is 1. The first kappa shape index (κ1) is 15.6. The Morgan fingerprint density at radius 2 is 2.29 bits per heavy atom. The third kappa shape index (κ3) is 4.07. The predicted octanol–water partition coefficient (Wildman–Crippen LogP) is 1.48. The van der Waals surface area contributed by atoms with Gasteiger partial charge in [0.2, 0.25) is 11.7 Å². The van der Waals surface area contributed by atoms with Crippen LogP contribution in [0.2, 0.25) is 0 Å². The number of carbonyl (C=O) groups excluding carboxylic acids is 2. The second kappa shape index (κ2) is 6.76. The first-order valence-corrected chi connectivity index (χ1v) is 7.16. The van der Waals surface area contributed by atoms with E-state index in [0.29, 0.717) is 6.54 Å². The summed E-state index contributed by atoms with van der Waals surface area (Å²) in [6, 6.07) is 2.06. The van der Waals surface area contributed by atoms with Crippen LogP contribution >= 0.6 is 0 Å². The predicted molar refractivity (Wildman–Crippen MR) is 76.9 cm³/mol. The Morgan fingerprint density at radius 3 is 2.95 bits per heavy atom. The maximum atomic E-state index is 11.5. The zero-order chi connectivity index (χ0) is 15.4. The van der Waals surface area contributed by atoms with E-state index in [1.807, 2.05) is 13.0 Å². The number of nitrogens with one attached hydrogen (secondary N) is 1. The minimum absolute atomic E-state index is 0.00340. The van der Waals surface area contributed by atoms with Crippen molar-refractivity contribution in [2.45, 2.75) is 39.3 Å². The number of methoxy groups -OCH3 is 1. The molecule has 1 aromatic heterocycles. The van der Waals surface area contributed by atoms with Crippen molar-refractivity contribution in [2.75, 3.05) is 20.2 Å². The largest absolute Gasteiger partial charge is 0.463 e. The van der Waals surface area contributed by atoms with Gasteiger partial charge in [0.25, 0.3) is 0 Å². The summed E-state index contributed by atoms with van der Waals surface area (Å²) in [5.74, 6) is 0.566. The molecule has 116 valence electrons. The van der Waals surface area contributed by atoms with E-state index in [4.69, 9.17) is 4.42 Å². The average Bonchev–Trinajstić information content (AvgIpc) is 2.78. The minimum Gasteiger partial charge on any atom is -0.463 e. The first-order valence-electron chi connectivity index (χ1n) is 7.16. The summed E-state index contributed by atoms with van der Waals surface area (Å²) in [5, 5.41) is 2.96. The SMILES string of the molecule is COC(=O)c1oc(CN2CCCC(NC(C)=O)C2)cc1C. The van der Waals surface area contributed by atoms with Gasteiger partial charge in [0.1, 0.15) is 5.76 Å². The molecule has 0 saturated carbocycles. The van der Waals surface area contributed by atoms with Crippen molar-refractivity contribution in [1.82, 2.24) is 10.2 Å². The molecule has 1 amide bonds. The van der Waals surface area contributed by atoms with Crippen LogP contribution in [0.3, 0.4) is 0 Å². The van der Waals surface area contributed by atoms with Gasteiger partial charge in [-0.25, -0.2) is 4.79 Å². The molecule has 0 spiro atoms. The van der Waals surface area contributed by atoms with Gasteiger partial charge in [-0.1, -0.05) is 0 Å². The molecular weight excluding hydrogens is 272 g/mol. The third-order valence-corrected chi connectivity index (χ3v) is 3.63. The molecule has 6 heteroatoms. The summed E-state index contributed by atoms with van der Waals surface area (Å²) >= 11 is 0. The van der Waals surface area contributed by atoms with Crippen molar-refractivity contribution in [1.29, 1.82) is 0 Å². The number of piperidine rings is 1. The Bertz CT molecular complexity index is 524. The number of likely N-dealkylation sites (tertiary alicyclic amines) is 1. The van der Waals surface area contributed by atoms with Crippen LogP contribution in [0.1, 0.15) is 41.6 Å². The van der Waals surface area contributed by atoms with Gasteiger partial charge in [0, 0.05) is 25.1 Å².